The fourth-order valence-electron chi connectivity index (χ4n) is 1.37. The quantitative estimate of drug-likeness (QED) is 0.225. The van der Waals surface area contributed by atoms with Crippen molar-refractivity contribution in [3.8, 4) is 0 Å². The Hall–Kier alpha value is -2.04. The molecule has 0 aromatic heterocycles. The van der Waals surface area contributed by atoms with Crippen LogP contribution in [0.1, 0.15) is 33.5 Å². The lowest BCUT2D eigenvalue weighted by Crippen LogP contribution is -2.40. The van der Waals surface area contributed by atoms with E-state index in [4.69, 9.17) is 28.8 Å². The molecule has 0 fully saturated rings. The Morgan fingerprint density at radius 3 is 2.05 bits per heavy atom. The summed E-state index contributed by atoms with van der Waals surface area (Å²) >= 11 is 0. The number of carboxylic acid groups (broad SMARTS) is 2. The van der Waals surface area contributed by atoms with Gasteiger partial charge in [-0.05, 0) is 25.7 Å². The number of carbonyl (C=O) groups is 4. The Balaban J connectivity index is 4.37. The van der Waals surface area contributed by atoms with Crippen molar-refractivity contribution in [3.05, 3.63) is 0 Å². The van der Waals surface area contributed by atoms with Gasteiger partial charge in [-0.3, -0.25) is 9.59 Å². The SMILES string of the molecule is [2H]C(N)(CCCC(N)C(=O)O)C(=O)OC(=O)[C@@H](N)CCC(=O)O. The smallest absolute Gasteiger partial charge is 0.330 e. The summed E-state index contributed by atoms with van der Waals surface area (Å²) in [5.41, 5.74) is 16.0. The molecule has 0 aliphatic carbocycles. The van der Waals surface area contributed by atoms with Crippen LogP contribution in [-0.2, 0) is 23.9 Å². The van der Waals surface area contributed by atoms with Crippen molar-refractivity contribution >= 4 is 23.9 Å². The third-order valence-corrected chi connectivity index (χ3v) is 2.71. The van der Waals surface area contributed by atoms with Crippen LogP contribution in [0.15, 0.2) is 0 Å². The van der Waals surface area contributed by atoms with E-state index in [9.17, 15) is 19.2 Å². The second-order valence-electron chi connectivity index (χ2n) is 4.61. The van der Waals surface area contributed by atoms with Crippen LogP contribution in [0.3, 0.4) is 0 Å². The van der Waals surface area contributed by atoms with Crippen LogP contribution in [0.5, 0.6) is 0 Å². The molecule has 22 heavy (non-hydrogen) atoms. The predicted octanol–water partition coefficient (Wildman–Crippen LogP) is -1.84. The minimum absolute atomic E-state index is 0.00743. The van der Waals surface area contributed by atoms with Gasteiger partial charge in [0.15, 0.2) is 0 Å². The molecule has 8 N–H and O–H groups in total. The first-order valence-electron chi connectivity index (χ1n) is 6.98. The topological polar surface area (TPSA) is 196 Å². The third-order valence-electron chi connectivity index (χ3n) is 2.71. The number of aliphatic carboxylic acids is 2. The number of carbonyl (C=O) groups excluding carboxylic acids is 2. The second kappa shape index (κ2) is 9.82. The van der Waals surface area contributed by atoms with Crippen LogP contribution in [0, 0.1) is 0 Å². The van der Waals surface area contributed by atoms with Gasteiger partial charge in [0.25, 0.3) is 0 Å². The average molecular weight is 320 g/mol. The summed E-state index contributed by atoms with van der Waals surface area (Å²) in [6.45, 7) is 0. The predicted molar refractivity (Wildman–Crippen MR) is 73.4 cm³/mol. The van der Waals surface area contributed by atoms with E-state index in [2.05, 4.69) is 4.74 Å². The molecule has 0 aromatic carbocycles. The van der Waals surface area contributed by atoms with Crippen molar-refractivity contribution < 1.29 is 35.5 Å². The Bertz CT molecular complexity index is 470. The van der Waals surface area contributed by atoms with Gasteiger partial charge in [-0.25, -0.2) is 9.59 Å². The maximum absolute atomic E-state index is 11.7. The fourth-order valence-corrected chi connectivity index (χ4v) is 1.37. The molecular formula is C12H21N3O7. The fraction of sp³-hybridized carbons (Fsp3) is 0.667. The summed E-state index contributed by atoms with van der Waals surface area (Å²) < 4.78 is 12.0. The highest BCUT2D eigenvalue weighted by atomic mass is 16.6. The molecule has 0 heterocycles. The highest BCUT2D eigenvalue weighted by Crippen LogP contribution is 2.05. The summed E-state index contributed by atoms with van der Waals surface area (Å²) in [6.07, 6.45) is -0.838. The van der Waals surface area contributed by atoms with Crippen LogP contribution in [0.2, 0.25) is 0 Å². The summed E-state index contributed by atoms with van der Waals surface area (Å²) in [4.78, 5) is 44.0. The molecule has 0 spiro atoms. The maximum Gasteiger partial charge on any atom is 0.330 e. The Morgan fingerprint density at radius 2 is 1.55 bits per heavy atom. The lowest BCUT2D eigenvalue weighted by molar-refractivity contribution is -0.161. The number of esters is 2. The van der Waals surface area contributed by atoms with Gasteiger partial charge in [-0.15, -0.1) is 0 Å². The molecule has 0 aliphatic rings. The minimum Gasteiger partial charge on any atom is -0.481 e. The summed E-state index contributed by atoms with van der Waals surface area (Å²) in [5, 5.41) is 17.1. The van der Waals surface area contributed by atoms with Gasteiger partial charge in [0, 0.05) is 6.42 Å². The van der Waals surface area contributed by atoms with E-state index < -0.39 is 42.0 Å². The lowest BCUT2D eigenvalue weighted by Gasteiger charge is -2.13. The van der Waals surface area contributed by atoms with Crippen molar-refractivity contribution in [1.82, 2.24) is 0 Å². The number of nitrogens with two attached hydrogens (primary N) is 3. The zero-order chi connectivity index (χ0) is 18.2. The summed E-state index contributed by atoms with van der Waals surface area (Å²) in [5.74, 6) is -4.92. The molecule has 0 aromatic rings. The minimum atomic E-state index is -2.26. The second-order valence-corrected chi connectivity index (χ2v) is 4.61. The van der Waals surface area contributed by atoms with Gasteiger partial charge in [0.2, 0.25) is 0 Å². The first-order valence-corrected chi connectivity index (χ1v) is 6.48. The molecule has 126 valence electrons. The van der Waals surface area contributed by atoms with Crippen LogP contribution < -0.4 is 17.2 Å². The maximum atomic E-state index is 11.7. The van der Waals surface area contributed by atoms with Crippen molar-refractivity contribution in [2.24, 2.45) is 17.2 Å². The van der Waals surface area contributed by atoms with E-state index in [-0.39, 0.29) is 32.1 Å². The first-order chi connectivity index (χ1) is 10.5. The van der Waals surface area contributed by atoms with Crippen LogP contribution >= 0.6 is 0 Å². The molecule has 10 nitrogen and oxygen atoms in total. The first kappa shape index (κ1) is 18.0. The number of ether oxygens (including phenoxy) is 1. The largest absolute Gasteiger partial charge is 0.481 e. The molecule has 10 heteroatoms. The molecule has 0 saturated carbocycles. The van der Waals surface area contributed by atoms with E-state index in [0.29, 0.717) is 0 Å². The van der Waals surface area contributed by atoms with Gasteiger partial charge in [0.1, 0.15) is 18.1 Å². The van der Waals surface area contributed by atoms with Crippen molar-refractivity contribution in [1.29, 1.82) is 0 Å². The zero-order valence-electron chi connectivity index (χ0n) is 12.9. The average Bonchev–Trinajstić information content (AvgIpc) is 2.43. The summed E-state index contributed by atoms with van der Waals surface area (Å²) in [6, 6.07) is -4.74. The number of carboxylic acids is 2. The van der Waals surface area contributed by atoms with Crippen molar-refractivity contribution in [2.75, 3.05) is 0 Å². The van der Waals surface area contributed by atoms with Crippen LogP contribution in [0.25, 0.3) is 0 Å². The van der Waals surface area contributed by atoms with Gasteiger partial charge >= 0.3 is 23.9 Å². The number of hydrogen-bond donors (Lipinski definition) is 5. The highest BCUT2D eigenvalue weighted by Gasteiger charge is 2.23. The van der Waals surface area contributed by atoms with Gasteiger partial charge in [0.05, 0.1) is 1.37 Å². The van der Waals surface area contributed by atoms with Crippen LogP contribution in [-0.4, -0.2) is 52.2 Å². The zero-order valence-corrected chi connectivity index (χ0v) is 11.9. The molecule has 0 amide bonds. The highest BCUT2D eigenvalue weighted by molar-refractivity contribution is 5.90. The summed E-state index contributed by atoms with van der Waals surface area (Å²) in [7, 11) is 0. The standard InChI is InChI=1S/C12H21N3O7/c13-6(10(18)19)2-1-3-7(14)11(20)22-12(21)8(15)4-5-9(16)17/h6-8H,1-5,13-15H2,(H,16,17)(H,18,19)/t6?,7?,8-/m0/s1/i7D. The number of rotatable bonds is 10. The molecule has 0 saturated heterocycles. The normalized spacial score (nSPS) is 16.8. The molecule has 2 unspecified atom stereocenters. The Labute approximate surface area is 128 Å². The van der Waals surface area contributed by atoms with Crippen molar-refractivity contribution in [3.63, 3.8) is 0 Å². The van der Waals surface area contributed by atoms with E-state index in [1.807, 2.05) is 0 Å². The molecule has 0 aliphatic heterocycles. The van der Waals surface area contributed by atoms with E-state index in [0.717, 1.165) is 0 Å². The lowest BCUT2D eigenvalue weighted by atomic mass is 10.1. The van der Waals surface area contributed by atoms with Crippen LogP contribution in [0.4, 0.5) is 0 Å². The third kappa shape index (κ3) is 8.29. The van der Waals surface area contributed by atoms with Crippen molar-refractivity contribution in [2.45, 2.75) is 50.2 Å². The van der Waals surface area contributed by atoms with Gasteiger partial charge in [-0.2, -0.15) is 0 Å². The monoisotopic (exact) mass is 320 g/mol. The van der Waals surface area contributed by atoms with E-state index in [1.165, 1.54) is 0 Å². The number of hydrogen-bond acceptors (Lipinski definition) is 8. The Kier molecular flexibility index (Phi) is 8.04. The molecule has 0 radical (unpaired) electrons. The van der Waals surface area contributed by atoms with E-state index >= 15 is 0 Å². The molecular weight excluding hydrogens is 298 g/mol. The molecule has 0 bridgehead atoms. The molecule has 0 rings (SSSR count). The van der Waals surface area contributed by atoms with E-state index in [1.54, 1.807) is 0 Å². The van der Waals surface area contributed by atoms with Gasteiger partial charge < -0.3 is 32.2 Å². The van der Waals surface area contributed by atoms with Gasteiger partial charge in [-0.1, -0.05) is 0 Å². The Morgan fingerprint density at radius 1 is 0.955 bits per heavy atom. The molecule has 3 atom stereocenters.